The summed E-state index contributed by atoms with van der Waals surface area (Å²) >= 11 is 0. The van der Waals surface area contributed by atoms with Gasteiger partial charge in [0.15, 0.2) is 0 Å². The Balaban J connectivity index is 2.19. The molecule has 0 amide bonds. The zero-order chi connectivity index (χ0) is 53.2. The first-order valence-corrected chi connectivity index (χ1v) is 39.8. The lowest BCUT2D eigenvalue weighted by Crippen LogP contribution is -2.56. The van der Waals surface area contributed by atoms with E-state index in [0.717, 1.165) is 0 Å². The minimum absolute atomic E-state index is 0.299. The van der Waals surface area contributed by atoms with Crippen LogP contribution in [0, 0.1) is 0 Å². The van der Waals surface area contributed by atoms with E-state index in [1.54, 1.807) is 20.7 Å². The monoisotopic (exact) mass is 1050 g/mol. The van der Waals surface area contributed by atoms with E-state index in [1.807, 2.05) is 0 Å². The van der Waals surface area contributed by atoms with Crippen molar-refractivity contribution < 1.29 is 0 Å². The van der Waals surface area contributed by atoms with E-state index in [-0.39, 0.29) is 0 Å². The third kappa shape index (κ3) is 10.8. The highest BCUT2D eigenvalue weighted by Gasteiger charge is 2.48. The van der Waals surface area contributed by atoms with Crippen LogP contribution in [0.5, 0.6) is 0 Å². The van der Waals surface area contributed by atoms with Gasteiger partial charge in [-0.1, -0.05) is 284 Å². The van der Waals surface area contributed by atoms with Crippen molar-refractivity contribution in [1.29, 1.82) is 0 Å². The van der Waals surface area contributed by atoms with Gasteiger partial charge in [0.05, 0.1) is 32.3 Å². The quantitative estimate of drug-likeness (QED) is 0.0529. The minimum Gasteiger partial charge on any atom is -0.242 e. The summed E-state index contributed by atoms with van der Waals surface area (Å²) in [6.45, 7) is 65.3. The molecule has 0 radical (unpaired) electrons. The highest BCUT2D eigenvalue weighted by molar-refractivity contribution is 7.84. The lowest BCUT2D eigenvalue weighted by atomic mass is 10.3. The first kappa shape index (κ1) is 61.1. The Morgan fingerprint density at radius 1 is 0.229 bits per heavy atom. The van der Waals surface area contributed by atoms with Crippen LogP contribution in [0.1, 0.15) is 180 Å². The van der Waals surface area contributed by atoms with Crippen LogP contribution in [-0.4, -0.2) is 42.8 Å². The molecule has 0 aliphatic rings. The zero-order valence-corrected chi connectivity index (χ0v) is 55.9. The zero-order valence-electron chi connectivity index (χ0n) is 50.1. The van der Waals surface area contributed by atoms with Gasteiger partial charge in [0, 0.05) is 22.2 Å². The second kappa shape index (κ2) is 24.5. The normalized spacial score (nSPS) is 13.9. The van der Waals surface area contributed by atoms with E-state index in [1.165, 1.54) is 21.2 Å². The van der Waals surface area contributed by atoms with Crippen LogP contribution in [0.15, 0.2) is 97.1 Å². The van der Waals surface area contributed by atoms with Crippen molar-refractivity contribution in [3.05, 3.63) is 97.1 Å². The molecule has 0 aliphatic heterocycles. The number of rotatable bonds is 23. The van der Waals surface area contributed by atoms with Crippen LogP contribution in [0.4, 0.5) is 0 Å². The average Bonchev–Trinajstić information content (AvgIpc) is 3.24. The van der Waals surface area contributed by atoms with Crippen LogP contribution < -0.4 is 42.0 Å². The third-order valence-corrected chi connectivity index (χ3v) is 53.0. The fraction of sp³-hybridized carbons (Fsp3) is 0.619. The molecule has 0 fully saturated rings. The van der Waals surface area contributed by atoms with Crippen molar-refractivity contribution in [2.45, 2.75) is 253 Å². The SMILES string of the molecule is CC(C)N(P(c1ccc([Si](C(C)C)(C(C)C)C(C)C)cc1)c1ccc([Si](C(C)C)(C(C)C)C(C)C)cc1)P(c1ccc([Si](C(C)C)(C(C)C)C(C)C)cc1)c1ccc([Si](C(C)C)(C(C)C)C(C)C)cc1. The van der Waals surface area contributed by atoms with Crippen LogP contribution in [0.25, 0.3) is 0 Å². The van der Waals surface area contributed by atoms with Crippen molar-refractivity contribution >= 4 is 90.4 Å². The fourth-order valence-corrected chi connectivity index (χ4v) is 50.0. The molecule has 4 aromatic carbocycles. The molecule has 70 heavy (non-hydrogen) atoms. The van der Waals surface area contributed by atoms with E-state index in [0.29, 0.717) is 72.5 Å². The molecule has 0 heterocycles. The summed E-state index contributed by atoms with van der Waals surface area (Å²) < 4.78 is 3.05. The molecule has 0 spiro atoms. The molecular formula is C63H107NP2Si4. The van der Waals surface area contributed by atoms with Gasteiger partial charge in [-0.25, -0.2) is 4.44 Å². The minimum atomic E-state index is -1.86. The number of benzene rings is 4. The van der Waals surface area contributed by atoms with Crippen molar-refractivity contribution in [3.8, 4) is 0 Å². The predicted octanol–water partition coefficient (Wildman–Crippen LogP) is 17.3. The summed E-state index contributed by atoms with van der Waals surface area (Å²) in [6.07, 6.45) is 0. The second-order valence-electron chi connectivity index (χ2n) is 25.8. The van der Waals surface area contributed by atoms with E-state index in [4.69, 9.17) is 0 Å². The lowest BCUT2D eigenvalue weighted by molar-refractivity contribution is 0.583. The highest BCUT2D eigenvalue weighted by atomic mass is 31.2. The van der Waals surface area contributed by atoms with Gasteiger partial charge < -0.3 is 0 Å². The summed E-state index contributed by atoms with van der Waals surface area (Å²) in [7, 11) is -9.32. The predicted molar refractivity (Wildman–Crippen MR) is 338 cm³/mol. The van der Waals surface area contributed by atoms with Gasteiger partial charge in [0.1, 0.15) is 0 Å². The maximum atomic E-state index is 3.05. The first-order valence-electron chi connectivity index (χ1n) is 28.3. The maximum absolute atomic E-state index is 3.05. The molecule has 0 atom stereocenters. The summed E-state index contributed by atoms with van der Waals surface area (Å²) in [5, 5.41) is 12.5. The van der Waals surface area contributed by atoms with Crippen LogP contribution in [0.2, 0.25) is 66.5 Å². The number of hydrogen-bond acceptors (Lipinski definition) is 1. The van der Waals surface area contributed by atoms with Crippen molar-refractivity contribution in [1.82, 2.24) is 4.44 Å². The highest BCUT2D eigenvalue weighted by Crippen LogP contribution is 2.56. The fourth-order valence-electron chi connectivity index (χ4n) is 16.9. The molecular weight excluding hydrogens is 945 g/mol. The molecule has 1 nitrogen and oxygen atoms in total. The second-order valence-corrected chi connectivity index (χ2v) is 53.9. The molecule has 4 aromatic rings. The van der Waals surface area contributed by atoms with Crippen LogP contribution >= 0.6 is 16.1 Å². The molecule has 0 aliphatic carbocycles. The van der Waals surface area contributed by atoms with Gasteiger partial charge in [-0.05, 0) is 102 Å². The summed E-state index contributed by atoms with van der Waals surface area (Å²) in [4.78, 5) is 0. The topological polar surface area (TPSA) is 3.24 Å². The van der Waals surface area contributed by atoms with Gasteiger partial charge in [-0.15, -0.1) is 0 Å². The van der Waals surface area contributed by atoms with Gasteiger partial charge in [0.2, 0.25) is 0 Å². The molecule has 0 bridgehead atoms. The first-order chi connectivity index (χ1) is 32.5. The molecule has 0 aromatic heterocycles. The van der Waals surface area contributed by atoms with Gasteiger partial charge in [0.25, 0.3) is 0 Å². The van der Waals surface area contributed by atoms with Crippen LogP contribution in [0.3, 0.4) is 0 Å². The van der Waals surface area contributed by atoms with E-state index in [2.05, 4.69) is 282 Å². The third-order valence-electron chi connectivity index (χ3n) is 18.8. The molecule has 0 N–H and O–H groups in total. The summed E-state index contributed by atoms with van der Waals surface area (Å²) in [5.41, 5.74) is 7.98. The smallest absolute Gasteiger partial charge is 0.0942 e. The van der Waals surface area contributed by atoms with Crippen molar-refractivity contribution in [2.24, 2.45) is 0 Å². The molecule has 0 saturated carbocycles. The molecule has 0 unspecified atom stereocenters. The van der Waals surface area contributed by atoms with Crippen molar-refractivity contribution in [2.75, 3.05) is 0 Å². The lowest BCUT2D eigenvalue weighted by Gasteiger charge is -2.45. The Bertz CT molecular complexity index is 1810. The summed E-state index contributed by atoms with van der Waals surface area (Å²) in [6, 6.07) is 42.1. The van der Waals surface area contributed by atoms with E-state index in [9.17, 15) is 0 Å². The number of nitrogens with zero attached hydrogens (tertiary/aromatic N) is 1. The Morgan fingerprint density at radius 2 is 0.357 bits per heavy atom. The Hall–Kier alpha value is -1.43. The van der Waals surface area contributed by atoms with E-state index < -0.39 is 48.4 Å². The average molecular weight is 1050 g/mol. The largest absolute Gasteiger partial charge is 0.242 e. The van der Waals surface area contributed by atoms with Gasteiger partial charge in [-0.3, -0.25) is 0 Å². The van der Waals surface area contributed by atoms with E-state index >= 15 is 0 Å². The Labute approximate surface area is 441 Å². The molecule has 4 rings (SSSR count). The molecule has 390 valence electrons. The van der Waals surface area contributed by atoms with Gasteiger partial charge in [-0.2, -0.15) is 0 Å². The Kier molecular flexibility index (Phi) is 21.4. The van der Waals surface area contributed by atoms with Crippen molar-refractivity contribution in [3.63, 3.8) is 0 Å². The van der Waals surface area contributed by atoms with Gasteiger partial charge >= 0.3 is 0 Å². The summed E-state index contributed by atoms with van der Waals surface area (Å²) in [5.74, 6) is 0. The molecule has 7 heteroatoms. The Morgan fingerprint density at radius 3 is 0.457 bits per heavy atom. The maximum Gasteiger partial charge on any atom is 0.0942 e. The number of hydrogen-bond donors (Lipinski definition) is 0. The standard InChI is InChI=1S/C63H107NP2Si4/c1-43(2)64(65(56-27-35-60(36-28-56)67(44(3)4,45(5)6)46(7)8)57-29-37-61(38-30-57)68(47(9)10,48(11)12)49(13)14)66(58-31-39-62(40-32-58)69(50(15)16,51(17)18)52(19)20)59-33-41-63(42-34-59)70(53(21)22,54(23)24)55(25)26/h27-55H,1-26H3. The van der Waals surface area contributed by atoms with Crippen LogP contribution in [-0.2, 0) is 0 Å². The molecule has 0 saturated heterocycles.